The molecule has 0 saturated heterocycles. The van der Waals surface area contributed by atoms with Gasteiger partial charge in [0.15, 0.2) is 5.82 Å². The molecule has 11 rings (SSSR count). The molecule has 0 aliphatic carbocycles. The van der Waals surface area contributed by atoms with Gasteiger partial charge in [-0.15, -0.1) is 0 Å². The highest BCUT2D eigenvalue weighted by Crippen LogP contribution is 2.42. The van der Waals surface area contributed by atoms with Crippen LogP contribution in [0.1, 0.15) is 0 Å². The maximum Gasteiger partial charge on any atom is 0.165 e. The molecule has 242 valence electrons. The Bertz CT molecular complexity index is 3130. The van der Waals surface area contributed by atoms with Crippen LogP contribution >= 0.6 is 0 Å². The lowest BCUT2D eigenvalue weighted by Gasteiger charge is -2.15. The van der Waals surface area contributed by atoms with Gasteiger partial charge in [0.25, 0.3) is 0 Å². The molecule has 0 fully saturated rings. The molecule has 0 atom stereocenters. The van der Waals surface area contributed by atoms with Crippen LogP contribution in [0.3, 0.4) is 0 Å². The molecule has 0 N–H and O–H groups in total. The second kappa shape index (κ2) is 11.2. The highest BCUT2D eigenvalue weighted by atomic mass is 15.1. The van der Waals surface area contributed by atoms with Gasteiger partial charge in [0.1, 0.15) is 5.69 Å². The zero-order valence-electron chi connectivity index (χ0n) is 28.1. The maximum atomic E-state index is 5.46. The van der Waals surface area contributed by atoms with Gasteiger partial charge in [-0.1, -0.05) is 127 Å². The van der Waals surface area contributed by atoms with Crippen molar-refractivity contribution in [1.82, 2.24) is 19.1 Å². The molecule has 0 spiro atoms. The molecule has 8 aromatic carbocycles. The number of hydrogen-bond acceptors (Lipinski definition) is 2. The predicted octanol–water partition coefficient (Wildman–Crippen LogP) is 12.3. The van der Waals surface area contributed by atoms with Gasteiger partial charge in [-0.2, -0.15) is 0 Å². The van der Waals surface area contributed by atoms with Gasteiger partial charge >= 0.3 is 0 Å². The first-order valence-electron chi connectivity index (χ1n) is 17.7. The lowest BCUT2D eigenvalue weighted by Crippen LogP contribution is -2.04. The number of aromatic nitrogens is 4. The summed E-state index contributed by atoms with van der Waals surface area (Å²) in [7, 11) is 0. The van der Waals surface area contributed by atoms with Crippen molar-refractivity contribution in [3.63, 3.8) is 0 Å². The summed E-state index contributed by atoms with van der Waals surface area (Å²) >= 11 is 0. The standard InChI is InChI=1S/C48H30N4/c1-2-14-31(15-3-1)32-18-12-19-35(28-32)47-48(50-40-23-9-8-22-39(40)49-47)52-44-27-13-26-43(46(44)38-29-33-16-4-5-17-34(33)30-45(38)52)51-41-24-10-6-20-36(41)37-21-7-11-25-42(37)51/h1-30H. The average molecular weight is 663 g/mol. The molecule has 0 radical (unpaired) electrons. The molecular formula is C48H30N4. The van der Waals surface area contributed by atoms with Crippen LogP contribution in [-0.4, -0.2) is 19.1 Å². The van der Waals surface area contributed by atoms with Crippen LogP contribution in [0.15, 0.2) is 182 Å². The molecule has 3 aromatic heterocycles. The van der Waals surface area contributed by atoms with Crippen molar-refractivity contribution in [1.29, 1.82) is 0 Å². The molecule has 0 amide bonds. The van der Waals surface area contributed by atoms with Crippen molar-refractivity contribution in [2.24, 2.45) is 0 Å². The van der Waals surface area contributed by atoms with Gasteiger partial charge in [0, 0.05) is 27.1 Å². The summed E-state index contributed by atoms with van der Waals surface area (Å²) in [5, 5.41) is 7.21. The largest absolute Gasteiger partial charge is 0.309 e. The fourth-order valence-corrected chi connectivity index (χ4v) is 8.15. The van der Waals surface area contributed by atoms with Crippen LogP contribution in [-0.2, 0) is 0 Å². The Labute approximate surface area is 299 Å². The van der Waals surface area contributed by atoms with E-state index in [-0.39, 0.29) is 0 Å². The number of nitrogens with zero attached hydrogens (tertiary/aromatic N) is 4. The summed E-state index contributed by atoms with van der Waals surface area (Å²) in [6, 6.07) is 64.8. The average Bonchev–Trinajstić information content (AvgIpc) is 3.72. The van der Waals surface area contributed by atoms with Crippen LogP contribution in [0.2, 0.25) is 0 Å². The first kappa shape index (κ1) is 28.8. The second-order valence-electron chi connectivity index (χ2n) is 13.4. The summed E-state index contributed by atoms with van der Waals surface area (Å²) in [5.41, 5.74) is 11.5. The molecule has 52 heavy (non-hydrogen) atoms. The Morgan fingerprint density at radius 3 is 1.69 bits per heavy atom. The van der Waals surface area contributed by atoms with Crippen LogP contribution in [0.25, 0.3) is 99.3 Å². The topological polar surface area (TPSA) is 35.6 Å². The first-order chi connectivity index (χ1) is 25.8. The Kier molecular flexibility index (Phi) is 6.22. The lowest BCUT2D eigenvalue weighted by atomic mass is 10.0. The summed E-state index contributed by atoms with van der Waals surface area (Å²) in [6.45, 7) is 0. The molecule has 0 unspecified atom stereocenters. The van der Waals surface area contributed by atoms with Crippen LogP contribution < -0.4 is 0 Å². The van der Waals surface area contributed by atoms with Gasteiger partial charge in [0.2, 0.25) is 0 Å². The Morgan fingerprint density at radius 1 is 0.346 bits per heavy atom. The van der Waals surface area contributed by atoms with E-state index in [0.717, 1.165) is 50.4 Å². The lowest BCUT2D eigenvalue weighted by molar-refractivity contribution is 1.08. The monoisotopic (exact) mass is 662 g/mol. The van der Waals surface area contributed by atoms with Crippen LogP contribution in [0, 0.1) is 0 Å². The summed E-state index contributed by atoms with van der Waals surface area (Å²) in [4.78, 5) is 10.8. The van der Waals surface area contributed by atoms with Gasteiger partial charge < -0.3 is 4.57 Å². The van der Waals surface area contributed by atoms with E-state index >= 15 is 0 Å². The van der Waals surface area contributed by atoms with Crippen LogP contribution in [0.5, 0.6) is 0 Å². The fraction of sp³-hybridized carbons (Fsp3) is 0. The summed E-state index contributed by atoms with van der Waals surface area (Å²) in [5.74, 6) is 0.804. The van der Waals surface area contributed by atoms with E-state index in [2.05, 4.69) is 179 Å². The predicted molar refractivity (Wildman–Crippen MR) is 217 cm³/mol. The quantitative estimate of drug-likeness (QED) is 0.188. The highest BCUT2D eigenvalue weighted by molar-refractivity contribution is 6.19. The van der Waals surface area contributed by atoms with Crippen LogP contribution in [0.4, 0.5) is 0 Å². The van der Waals surface area contributed by atoms with Crippen molar-refractivity contribution in [2.45, 2.75) is 0 Å². The van der Waals surface area contributed by atoms with Gasteiger partial charge in [0.05, 0.1) is 38.8 Å². The molecule has 4 nitrogen and oxygen atoms in total. The zero-order chi connectivity index (χ0) is 34.2. The Hall–Kier alpha value is -7.04. The zero-order valence-corrected chi connectivity index (χ0v) is 28.1. The molecule has 0 aliphatic heterocycles. The first-order valence-corrected chi connectivity index (χ1v) is 17.7. The third-order valence-corrected chi connectivity index (χ3v) is 10.5. The van der Waals surface area contributed by atoms with E-state index in [4.69, 9.17) is 9.97 Å². The van der Waals surface area contributed by atoms with E-state index in [0.29, 0.717) is 0 Å². The molecule has 11 aromatic rings. The number of para-hydroxylation sites is 4. The van der Waals surface area contributed by atoms with E-state index in [1.165, 1.54) is 48.9 Å². The maximum absolute atomic E-state index is 5.46. The van der Waals surface area contributed by atoms with Gasteiger partial charge in [-0.3, -0.25) is 4.57 Å². The highest BCUT2D eigenvalue weighted by Gasteiger charge is 2.23. The van der Waals surface area contributed by atoms with E-state index in [9.17, 15) is 0 Å². The van der Waals surface area contributed by atoms with E-state index in [1.54, 1.807) is 0 Å². The third kappa shape index (κ3) is 4.28. The van der Waals surface area contributed by atoms with Crippen molar-refractivity contribution in [2.75, 3.05) is 0 Å². The van der Waals surface area contributed by atoms with E-state index in [1.807, 2.05) is 12.1 Å². The number of fused-ring (bicyclic) bond motifs is 8. The molecule has 0 aliphatic rings. The third-order valence-electron chi connectivity index (χ3n) is 10.5. The SMILES string of the molecule is c1ccc(-c2cccc(-c3nc4ccccc4nc3-n3c4cc5ccccc5cc4c4c(-n5c6ccccc6c6ccccc65)cccc43)c2)cc1. The molecule has 3 heterocycles. The normalized spacial score (nSPS) is 11.8. The summed E-state index contributed by atoms with van der Waals surface area (Å²) < 4.78 is 4.78. The molecule has 0 bridgehead atoms. The number of hydrogen-bond donors (Lipinski definition) is 0. The van der Waals surface area contributed by atoms with Gasteiger partial charge in [-0.05, 0) is 76.5 Å². The minimum Gasteiger partial charge on any atom is -0.309 e. The smallest absolute Gasteiger partial charge is 0.165 e. The van der Waals surface area contributed by atoms with Crippen molar-refractivity contribution < 1.29 is 0 Å². The number of benzene rings is 8. The molecular weight excluding hydrogens is 633 g/mol. The fourth-order valence-electron chi connectivity index (χ4n) is 8.15. The summed E-state index contributed by atoms with van der Waals surface area (Å²) in [6.07, 6.45) is 0. The van der Waals surface area contributed by atoms with Gasteiger partial charge in [-0.25, -0.2) is 9.97 Å². The van der Waals surface area contributed by atoms with Crippen molar-refractivity contribution >= 4 is 65.4 Å². The molecule has 4 heteroatoms. The van der Waals surface area contributed by atoms with Crippen molar-refractivity contribution in [3.8, 4) is 33.9 Å². The van der Waals surface area contributed by atoms with Crippen molar-refractivity contribution in [3.05, 3.63) is 182 Å². The Morgan fingerprint density at radius 2 is 0.923 bits per heavy atom. The number of rotatable bonds is 4. The minimum atomic E-state index is 0.804. The molecule has 0 saturated carbocycles. The minimum absolute atomic E-state index is 0.804. The van der Waals surface area contributed by atoms with E-state index < -0.39 is 0 Å². The second-order valence-corrected chi connectivity index (χ2v) is 13.4. The Balaban J connectivity index is 1.29.